The van der Waals surface area contributed by atoms with E-state index in [0.717, 1.165) is 23.6 Å². The number of hydrogen-bond acceptors (Lipinski definition) is 6. The van der Waals surface area contributed by atoms with Crippen LogP contribution >= 0.6 is 23.1 Å². The summed E-state index contributed by atoms with van der Waals surface area (Å²) in [6, 6.07) is 3.35. The third-order valence-electron chi connectivity index (χ3n) is 3.01. The van der Waals surface area contributed by atoms with Crippen molar-refractivity contribution in [3.8, 4) is 5.88 Å². The molecule has 0 radical (unpaired) electrons. The number of carbonyl (C=O) groups excluding carboxylic acids is 1. The zero-order chi connectivity index (χ0) is 14.7. The third-order valence-corrected chi connectivity index (χ3v) is 5.02. The van der Waals surface area contributed by atoms with Gasteiger partial charge in [-0.2, -0.15) is 11.8 Å². The SMILES string of the molecule is Cc1csc(NC(=O)c2ccnc(O[C@H]3CCSC3)c2)n1. The summed E-state index contributed by atoms with van der Waals surface area (Å²) in [5, 5.41) is 5.28. The summed E-state index contributed by atoms with van der Waals surface area (Å²) in [5.74, 6) is 2.41. The van der Waals surface area contributed by atoms with Gasteiger partial charge in [0.1, 0.15) is 6.10 Å². The van der Waals surface area contributed by atoms with Crippen molar-refractivity contribution in [2.24, 2.45) is 0 Å². The number of pyridine rings is 1. The van der Waals surface area contributed by atoms with Gasteiger partial charge in [-0.25, -0.2) is 9.97 Å². The average Bonchev–Trinajstić information content (AvgIpc) is 3.11. The lowest BCUT2D eigenvalue weighted by Gasteiger charge is -2.11. The first-order valence-electron chi connectivity index (χ1n) is 6.64. The molecule has 3 rings (SSSR count). The van der Waals surface area contributed by atoms with Crippen LogP contribution < -0.4 is 10.1 Å². The van der Waals surface area contributed by atoms with E-state index in [9.17, 15) is 4.79 Å². The fourth-order valence-corrected chi connectivity index (χ4v) is 3.75. The topological polar surface area (TPSA) is 64.1 Å². The Labute approximate surface area is 131 Å². The molecule has 1 atom stereocenters. The number of rotatable bonds is 4. The van der Waals surface area contributed by atoms with Gasteiger partial charge in [0.05, 0.1) is 5.69 Å². The number of carbonyl (C=O) groups is 1. The van der Waals surface area contributed by atoms with E-state index in [-0.39, 0.29) is 12.0 Å². The predicted molar refractivity (Wildman–Crippen MR) is 85.4 cm³/mol. The molecule has 3 heterocycles. The standard InChI is InChI=1S/C14H15N3O2S2/c1-9-7-21-14(16-9)17-13(18)10-2-4-15-12(6-10)19-11-3-5-20-8-11/h2,4,6-7,11H,3,5,8H2,1H3,(H,16,17,18)/t11-/m0/s1. The summed E-state index contributed by atoms with van der Waals surface area (Å²) in [6.45, 7) is 1.89. The second-order valence-electron chi connectivity index (χ2n) is 4.73. The number of thioether (sulfide) groups is 1. The van der Waals surface area contributed by atoms with Gasteiger partial charge in [0.2, 0.25) is 5.88 Å². The van der Waals surface area contributed by atoms with Crippen molar-refractivity contribution in [2.45, 2.75) is 19.4 Å². The minimum atomic E-state index is -0.197. The van der Waals surface area contributed by atoms with Crippen molar-refractivity contribution >= 4 is 34.1 Å². The van der Waals surface area contributed by atoms with Gasteiger partial charge in [-0.15, -0.1) is 11.3 Å². The molecule has 1 N–H and O–H groups in total. The van der Waals surface area contributed by atoms with Crippen LogP contribution in [0.15, 0.2) is 23.7 Å². The number of amides is 1. The molecule has 1 fully saturated rings. The van der Waals surface area contributed by atoms with E-state index in [4.69, 9.17) is 4.74 Å². The first-order chi connectivity index (χ1) is 10.2. The molecule has 0 saturated carbocycles. The third kappa shape index (κ3) is 3.74. The zero-order valence-corrected chi connectivity index (χ0v) is 13.2. The number of aromatic nitrogens is 2. The van der Waals surface area contributed by atoms with Crippen molar-refractivity contribution in [3.63, 3.8) is 0 Å². The van der Waals surface area contributed by atoms with Gasteiger partial charge in [0.25, 0.3) is 5.91 Å². The normalized spacial score (nSPS) is 17.7. The molecule has 1 aliphatic rings. The predicted octanol–water partition coefficient (Wildman–Crippen LogP) is 2.98. The van der Waals surface area contributed by atoms with E-state index in [1.165, 1.54) is 11.3 Å². The lowest BCUT2D eigenvalue weighted by atomic mass is 10.2. The van der Waals surface area contributed by atoms with Crippen LogP contribution in [0, 0.1) is 6.92 Å². The Morgan fingerprint density at radius 3 is 3.14 bits per heavy atom. The van der Waals surface area contributed by atoms with Crippen LogP contribution in [-0.4, -0.2) is 33.5 Å². The summed E-state index contributed by atoms with van der Waals surface area (Å²) in [5.41, 5.74) is 1.42. The Hall–Kier alpha value is -1.60. The molecule has 5 nitrogen and oxygen atoms in total. The second kappa shape index (κ2) is 6.44. The number of nitrogens with one attached hydrogen (secondary N) is 1. The van der Waals surface area contributed by atoms with Gasteiger partial charge in [-0.05, 0) is 25.2 Å². The Bertz CT molecular complexity index is 639. The monoisotopic (exact) mass is 321 g/mol. The van der Waals surface area contributed by atoms with Crippen LogP contribution in [0.5, 0.6) is 5.88 Å². The number of hydrogen-bond donors (Lipinski definition) is 1. The molecule has 21 heavy (non-hydrogen) atoms. The van der Waals surface area contributed by atoms with Crippen molar-refractivity contribution in [3.05, 3.63) is 35.0 Å². The number of anilines is 1. The van der Waals surface area contributed by atoms with E-state index in [2.05, 4.69) is 15.3 Å². The smallest absolute Gasteiger partial charge is 0.257 e. The molecule has 0 aromatic carbocycles. The molecule has 1 aliphatic heterocycles. The molecule has 0 bridgehead atoms. The number of ether oxygens (including phenoxy) is 1. The van der Waals surface area contributed by atoms with Gasteiger partial charge in [-0.3, -0.25) is 10.1 Å². The molecule has 0 unspecified atom stereocenters. The fraction of sp³-hybridized carbons (Fsp3) is 0.357. The van der Waals surface area contributed by atoms with E-state index in [1.807, 2.05) is 24.1 Å². The highest BCUT2D eigenvalue weighted by molar-refractivity contribution is 7.99. The molecule has 1 saturated heterocycles. The summed E-state index contributed by atoms with van der Waals surface area (Å²) >= 11 is 3.29. The summed E-state index contributed by atoms with van der Waals surface area (Å²) in [6.07, 6.45) is 2.82. The summed E-state index contributed by atoms with van der Waals surface area (Å²) < 4.78 is 5.80. The Kier molecular flexibility index (Phi) is 4.40. The minimum absolute atomic E-state index is 0.197. The highest BCUT2D eigenvalue weighted by Crippen LogP contribution is 2.23. The van der Waals surface area contributed by atoms with Crippen molar-refractivity contribution < 1.29 is 9.53 Å². The molecule has 2 aromatic heterocycles. The van der Waals surface area contributed by atoms with Crippen LogP contribution in [0.25, 0.3) is 0 Å². The average molecular weight is 321 g/mol. The lowest BCUT2D eigenvalue weighted by molar-refractivity contribution is 0.102. The molecule has 7 heteroatoms. The van der Waals surface area contributed by atoms with Crippen LogP contribution in [-0.2, 0) is 0 Å². The van der Waals surface area contributed by atoms with Crippen molar-refractivity contribution in [2.75, 3.05) is 16.8 Å². The van der Waals surface area contributed by atoms with Gasteiger partial charge < -0.3 is 4.74 Å². The van der Waals surface area contributed by atoms with E-state index >= 15 is 0 Å². The van der Waals surface area contributed by atoms with E-state index < -0.39 is 0 Å². The quantitative estimate of drug-likeness (QED) is 0.938. The van der Waals surface area contributed by atoms with Gasteiger partial charge in [0.15, 0.2) is 5.13 Å². The second-order valence-corrected chi connectivity index (χ2v) is 6.74. The van der Waals surface area contributed by atoms with Crippen LogP contribution in [0.3, 0.4) is 0 Å². The molecule has 0 aliphatic carbocycles. The van der Waals surface area contributed by atoms with Crippen molar-refractivity contribution in [1.82, 2.24) is 9.97 Å². The summed E-state index contributed by atoms with van der Waals surface area (Å²) in [4.78, 5) is 20.6. The first kappa shape index (κ1) is 14.3. The Morgan fingerprint density at radius 1 is 1.52 bits per heavy atom. The largest absolute Gasteiger partial charge is 0.473 e. The van der Waals surface area contributed by atoms with Crippen LogP contribution in [0.4, 0.5) is 5.13 Å². The molecular weight excluding hydrogens is 306 g/mol. The highest BCUT2D eigenvalue weighted by Gasteiger charge is 2.18. The highest BCUT2D eigenvalue weighted by atomic mass is 32.2. The maximum atomic E-state index is 12.2. The Morgan fingerprint density at radius 2 is 2.43 bits per heavy atom. The van der Waals surface area contributed by atoms with Gasteiger partial charge >= 0.3 is 0 Å². The van der Waals surface area contributed by atoms with Crippen molar-refractivity contribution in [1.29, 1.82) is 0 Å². The first-order valence-corrected chi connectivity index (χ1v) is 8.68. The molecule has 110 valence electrons. The zero-order valence-electron chi connectivity index (χ0n) is 11.5. The Balaban J connectivity index is 1.68. The number of aryl methyl sites for hydroxylation is 1. The molecule has 0 spiro atoms. The fourth-order valence-electron chi connectivity index (χ4n) is 1.97. The van der Waals surface area contributed by atoms with Crippen LogP contribution in [0.2, 0.25) is 0 Å². The van der Waals surface area contributed by atoms with Crippen LogP contribution in [0.1, 0.15) is 22.5 Å². The molecule has 1 amide bonds. The van der Waals surface area contributed by atoms with E-state index in [1.54, 1.807) is 18.3 Å². The summed E-state index contributed by atoms with van der Waals surface area (Å²) in [7, 11) is 0. The molecule has 2 aromatic rings. The number of nitrogens with zero attached hydrogens (tertiary/aromatic N) is 2. The van der Waals surface area contributed by atoms with Gasteiger partial charge in [0, 0.05) is 29.0 Å². The number of thiazole rings is 1. The van der Waals surface area contributed by atoms with E-state index in [0.29, 0.717) is 16.6 Å². The maximum absolute atomic E-state index is 12.2. The lowest BCUT2D eigenvalue weighted by Crippen LogP contribution is -2.17. The maximum Gasteiger partial charge on any atom is 0.257 e. The molecular formula is C14H15N3O2S2. The van der Waals surface area contributed by atoms with Gasteiger partial charge in [-0.1, -0.05) is 0 Å². The minimum Gasteiger partial charge on any atom is -0.473 e.